The number of benzene rings is 1. The zero-order valence-electron chi connectivity index (χ0n) is 21.6. The molecule has 2 unspecified atom stereocenters. The summed E-state index contributed by atoms with van der Waals surface area (Å²) in [6.07, 6.45) is -3.79. The van der Waals surface area contributed by atoms with Gasteiger partial charge in [-0.25, -0.2) is 4.79 Å². The van der Waals surface area contributed by atoms with Crippen molar-refractivity contribution in [2.75, 3.05) is 32.8 Å². The predicted molar refractivity (Wildman–Crippen MR) is 141 cm³/mol. The molecule has 1 aliphatic heterocycles. The van der Waals surface area contributed by atoms with Crippen LogP contribution in [-0.2, 0) is 19.9 Å². The summed E-state index contributed by atoms with van der Waals surface area (Å²) in [5.41, 5.74) is -1.76. The number of hydrogen-bond acceptors (Lipinski definition) is 9. The highest BCUT2D eigenvalue weighted by Crippen LogP contribution is 2.37. The molecule has 40 heavy (non-hydrogen) atoms. The normalized spacial score (nSPS) is 19.0. The summed E-state index contributed by atoms with van der Waals surface area (Å²) in [5, 5.41) is 33.5. The molecule has 1 aliphatic rings. The Morgan fingerprint density at radius 1 is 1.10 bits per heavy atom. The molecule has 2 atom stereocenters. The van der Waals surface area contributed by atoms with Gasteiger partial charge in [-0.1, -0.05) is 18.2 Å². The smallest absolute Gasteiger partial charge is 0.430 e. The fraction of sp³-hybridized carbons (Fsp3) is 0.407. The second kappa shape index (κ2) is 13.5. The predicted octanol–water partition coefficient (Wildman–Crippen LogP) is 3.67. The molecule has 218 valence electrons. The summed E-state index contributed by atoms with van der Waals surface area (Å²) in [5.74, 6) is -2.75. The summed E-state index contributed by atoms with van der Waals surface area (Å²) >= 11 is 2.71. The molecule has 1 aromatic carbocycles. The molecule has 2 aromatic heterocycles. The summed E-state index contributed by atoms with van der Waals surface area (Å²) in [7, 11) is 0. The Labute approximate surface area is 237 Å². The number of likely N-dealkylation sites (N-methyl/N-ethyl adjacent to an activating group) is 1. The van der Waals surface area contributed by atoms with E-state index >= 15 is 0 Å². The molecule has 0 aliphatic carbocycles. The van der Waals surface area contributed by atoms with Crippen molar-refractivity contribution >= 4 is 34.6 Å². The number of carboxylic acid groups (broad SMARTS) is 1. The number of rotatable bonds is 10. The first kappa shape index (κ1) is 31.4. The maximum Gasteiger partial charge on any atom is 0.430 e. The third-order valence-corrected chi connectivity index (χ3v) is 8.56. The number of hydrogen-bond donors (Lipinski definition) is 2. The highest BCUT2D eigenvalue weighted by Gasteiger charge is 2.47. The van der Waals surface area contributed by atoms with E-state index in [9.17, 15) is 28.2 Å². The van der Waals surface area contributed by atoms with E-state index < -0.39 is 23.7 Å². The standard InChI is InChI=1S/C25H29NO5S2.C2HF3O2/c1-2-26(12-6-14-30-20-8-3-7-19(27)17-20)13-11-21(18-26)31-24(28)25(29,22-9-4-15-32-22)23-10-5-16-33-23;3-2(4,5)1(6)7/h3-5,7-10,15-17,21,29H,2,6,11-14,18H2,1H3;(H,6,7). The Balaban J connectivity index is 0.000000559. The van der Waals surface area contributed by atoms with Crippen LogP contribution in [0.5, 0.6) is 11.5 Å². The van der Waals surface area contributed by atoms with E-state index in [0.717, 1.165) is 43.5 Å². The molecular weight excluding hydrogens is 571 g/mol. The van der Waals surface area contributed by atoms with Crippen LogP contribution in [0, 0.1) is 0 Å². The number of alkyl halides is 3. The lowest BCUT2D eigenvalue weighted by Gasteiger charge is -2.33. The molecule has 3 aromatic rings. The Bertz CT molecular complexity index is 1200. The molecule has 0 amide bonds. The number of phenols is 1. The molecular formula is C27H30F3NO7S2. The summed E-state index contributed by atoms with van der Waals surface area (Å²) < 4.78 is 44.1. The molecule has 2 N–H and O–H groups in total. The van der Waals surface area contributed by atoms with E-state index in [4.69, 9.17) is 19.4 Å². The Kier molecular flexibility index (Phi) is 10.6. The van der Waals surface area contributed by atoms with Crippen LogP contribution in [0.25, 0.3) is 0 Å². The number of nitrogens with zero attached hydrogens (tertiary/aromatic N) is 1. The van der Waals surface area contributed by atoms with E-state index in [1.807, 2.05) is 29.0 Å². The first-order valence-corrected chi connectivity index (χ1v) is 14.2. The zero-order chi connectivity index (χ0) is 29.4. The van der Waals surface area contributed by atoms with Crippen LogP contribution in [0.15, 0.2) is 59.3 Å². The molecule has 8 nitrogen and oxygen atoms in total. The van der Waals surface area contributed by atoms with E-state index in [1.165, 1.54) is 22.7 Å². The minimum atomic E-state index is -5.19. The maximum atomic E-state index is 13.3. The molecule has 1 fully saturated rings. The van der Waals surface area contributed by atoms with Crippen molar-refractivity contribution in [1.29, 1.82) is 0 Å². The molecule has 0 radical (unpaired) electrons. The average Bonchev–Trinajstić information content (AvgIpc) is 3.69. The van der Waals surface area contributed by atoms with Crippen LogP contribution in [0.3, 0.4) is 0 Å². The van der Waals surface area contributed by atoms with Crippen LogP contribution in [0.4, 0.5) is 13.2 Å². The van der Waals surface area contributed by atoms with Gasteiger partial charge in [0.05, 0.1) is 36.0 Å². The van der Waals surface area contributed by atoms with Crippen molar-refractivity contribution in [3.63, 3.8) is 0 Å². The SMILES string of the molecule is CC[N+]1(CCCOc2cccc(O)c2)CCC(OC(=O)C(O)(c2cccs2)c2cccs2)C1.O=C([O-])C(F)(F)F. The molecule has 13 heteroatoms. The van der Waals surface area contributed by atoms with Gasteiger partial charge in [-0.05, 0) is 41.9 Å². The molecule has 1 saturated heterocycles. The molecule has 4 rings (SSSR count). The van der Waals surface area contributed by atoms with E-state index in [2.05, 4.69) is 6.92 Å². The number of thiophene rings is 2. The Morgan fingerprint density at radius 3 is 2.23 bits per heavy atom. The number of carbonyl (C=O) groups excluding carboxylic acids is 2. The van der Waals surface area contributed by atoms with Crippen molar-refractivity contribution in [3.8, 4) is 11.5 Å². The quantitative estimate of drug-likeness (QED) is 0.207. The lowest BCUT2D eigenvalue weighted by atomic mass is 10.00. The van der Waals surface area contributed by atoms with Crippen LogP contribution in [0.1, 0.15) is 29.5 Å². The number of aliphatic carboxylic acids is 1. The molecule has 3 heterocycles. The van der Waals surface area contributed by atoms with Crippen LogP contribution in [-0.4, -0.2) is 71.7 Å². The third kappa shape index (κ3) is 7.96. The number of phenolic OH excluding ortho intramolecular Hbond substituents is 1. The zero-order valence-corrected chi connectivity index (χ0v) is 23.3. The van der Waals surface area contributed by atoms with Crippen LogP contribution in [0.2, 0.25) is 0 Å². The summed E-state index contributed by atoms with van der Waals surface area (Å²) in [4.78, 5) is 23.2. The van der Waals surface area contributed by atoms with Crippen LogP contribution >= 0.6 is 22.7 Å². The lowest BCUT2D eigenvalue weighted by Crippen LogP contribution is -2.48. The highest BCUT2D eigenvalue weighted by molar-refractivity contribution is 7.12. The van der Waals surface area contributed by atoms with Gasteiger partial charge in [0.1, 0.15) is 24.0 Å². The topological polar surface area (TPSA) is 116 Å². The number of aromatic hydroxyl groups is 1. The van der Waals surface area contributed by atoms with Crippen molar-refractivity contribution in [2.24, 2.45) is 0 Å². The lowest BCUT2D eigenvalue weighted by molar-refractivity contribution is -0.916. The Hall–Kier alpha value is -3.13. The second-order valence-electron chi connectivity index (χ2n) is 9.25. The van der Waals surface area contributed by atoms with Gasteiger partial charge in [0.25, 0.3) is 0 Å². The third-order valence-electron chi connectivity index (χ3n) is 6.61. The Morgan fingerprint density at radius 2 is 1.73 bits per heavy atom. The minimum Gasteiger partial charge on any atom is -0.542 e. The first-order chi connectivity index (χ1) is 18.9. The van der Waals surface area contributed by atoms with Crippen LogP contribution < -0.4 is 9.84 Å². The van der Waals surface area contributed by atoms with Gasteiger partial charge < -0.3 is 34.1 Å². The highest BCUT2D eigenvalue weighted by atomic mass is 32.1. The van der Waals surface area contributed by atoms with Gasteiger partial charge in [-0.3, -0.25) is 0 Å². The van der Waals surface area contributed by atoms with Gasteiger partial charge in [0.2, 0.25) is 5.60 Å². The number of esters is 1. The van der Waals surface area contributed by atoms with Crippen molar-refractivity contribution in [1.82, 2.24) is 0 Å². The number of carbonyl (C=O) groups is 2. The largest absolute Gasteiger partial charge is 0.542 e. The first-order valence-electron chi connectivity index (χ1n) is 12.5. The van der Waals surface area contributed by atoms with Crippen molar-refractivity contribution < 1.29 is 52.0 Å². The number of quaternary nitrogens is 1. The second-order valence-corrected chi connectivity index (χ2v) is 11.1. The summed E-state index contributed by atoms with van der Waals surface area (Å²) in [6, 6.07) is 14.0. The number of halogens is 3. The van der Waals surface area contributed by atoms with Crippen molar-refractivity contribution in [2.45, 2.75) is 37.6 Å². The fourth-order valence-electron chi connectivity index (χ4n) is 4.47. The number of likely N-dealkylation sites (tertiary alicyclic amines) is 1. The number of ether oxygens (including phenoxy) is 2. The monoisotopic (exact) mass is 601 g/mol. The van der Waals surface area contributed by atoms with Gasteiger partial charge in [0, 0.05) is 18.9 Å². The van der Waals surface area contributed by atoms with E-state index in [0.29, 0.717) is 22.1 Å². The molecule has 0 saturated carbocycles. The molecule has 0 spiro atoms. The van der Waals surface area contributed by atoms with E-state index in [-0.39, 0.29) is 11.9 Å². The fourth-order valence-corrected chi connectivity index (χ4v) is 6.18. The van der Waals surface area contributed by atoms with Gasteiger partial charge in [-0.2, -0.15) is 13.2 Å². The minimum absolute atomic E-state index is 0.193. The number of aliphatic hydroxyl groups is 1. The molecule has 0 bridgehead atoms. The van der Waals surface area contributed by atoms with Crippen molar-refractivity contribution in [3.05, 3.63) is 69.0 Å². The van der Waals surface area contributed by atoms with Gasteiger partial charge >= 0.3 is 12.1 Å². The van der Waals surface area contributed by atoms with Gasteiger partial charge in [-0.15, -0.1) is 22.7 Å². The van der Waals surface area contributed by atoms with E-state index in [1.54, 1.807) is 30.3 Å². The maximum absolute atomic E-state index is 13.3. The van der Waals surface area contributed by atoms with Gasteiger partial charge in [0.15, 0.2) is 6.10 Å². The summed E-state index contributed by atoms with van der Waals surface area (Å²) in [6.45, 7) is 6.25. The number of carboxylic acids is 1. The average molecular weight is 602 g/mol.